The topological polar surface area (TPSA) is 66.0 Å². The summed E-state index contributed by atoms with van der Waals surface area (Å²) in [7, 11) is 1.62. The number of hydrogen-bond donors (Lipinski definition) is 2. The number of hydrogen-bond acceptors (Lipinski definition) is 3. The van der Waals surface area contributed by atoms with E-state index in [2.05, 4.69) is 27.4 Å². The van der Waals surface area contributed by atoms with E-state index >= 15 is 0 Å². The number of ether oxygens (including phenoxy) is 1. The van der Waals surface area contributed by atoms with Crippen LogP contribution in [0.15, 0.2) is 4.99 Å². The van der Waals surface area contributed by atoms with Crippen molar-refractivity contribution in [2.75, 3.05) is 46.4 Å². The molecule has 1 heterocycles. The average Bonchev–Trinajstić information content (AvgIpc) is 3.14. The Labute approximate surface area is 156 Å². The van der Waals surface area contributed by atoms with Crippen molar-refractivity contribution in [1.29, 1.82) is 0 Å². The summed E-state index contributed by atoms with van der Waals surface area (Å²) in [5.74, 6) is 0.829. The lowest BCUT2D eigenvalue weighted by molar-refractivity contribution is -0.119. The van der Waals surface area contributed by atoms with Gasteiger partial charge in [0.1, 0.15) is 6.54 Å². The zero-order valence-corrected chi connectivity index (χ0v) is 16.7. The first kappa shape index (κ1) is 20.5. The molecule has 2 fully saturated rings. The summed E-state index contributed by atoms with van der Waals surface area (Å²) >= 11 is 0. The minimum absolute atomic E-state index is 0. The number of likely N-dealkylation sites (tertiary alicyclic amines) is 1. The quantitative estimate of drug-likeness (QED) is 0.286. The molecule has 1 spiro atoms. The van der Waals surface area contributed by atoms with E-state index in [1.807, 2.05) is 0 Å². The summed E-state index contributed by atoms with van der Waals surface area (Å²) in [4.78, 5) is 18.6. The molecule has 1 saturated heterocycles. The third-order valence-corrected chi connectivity index (χ3v) is 4.74. The Morgan fingerprint density at radius 3 is 2.65 bits per heavy atom. The highest BCUT2D eigenvalue weighted by molar-refractivity contribution is 14.0. The molecule has 0 bridgehead atoms. The fourth-order valence-electron chi connectivity index (χ4n) is 3.57. The van der Waals surface area contributed by atoms with Crippen molar-refractivity contribution in [2.45, 2.75) is 39.0 Å². The average molecular weight is 438 g/mol. The molecule has 23 heavy (non-hydrogen) atoms. The zero-order valence-electron chi connectivity index (χ0n) is 14.4. The van der Waals surface area contributed by atoms with Crippen molar-refractivity contribution < 1.29 is 9.53 Å². The van der Waals surface area contributed by atoms with E-state index in [1.54, 1.807) is 7.11 Å². The highest BCUT2D eigenvalue weighted by Gasteiger charge is 2.41. The van der Waals surface area contributed by atoms with Crippen molar-refractivity contribution in [2.24, 2.45) is 10.4 Å². The van der Waals surface area contributed by atoms with E-state index in [0.29, 0.717) is 18.6 Å². The molecule has 0 aromatic carbocycles. The Bertz CT molecular complexity index is 398. The van der Waals surface area contributed by atoms with E-state index in [-0.39, 0.29) is 36.4 Å². The predicted molar refractivity (Wildman–Crippen MR) is 103 cm³/mol. The number of halogens is 1. The maximum atomic E-state index is 11.8. The lowest BCUT2D eigenvalue weighted by Crippen LogP contribution is -2.42. The van der Waals surface area contributed by atoms with E-state index in [1.165, 1.54) is 32.1 Å². The molecule has 2 N–H and O–H groups in total. The number of methoxy groups -OCH3 is 1. The van der Waals surface area contributed by atoms with Crippen LogP contribution in [0.5, 0.6) is 0 Å². The van der Waals surface area contributed by atoms with Gasteiger partial charge in [-0.15, -0.1) is 24.0 Å². The van der Waals surface area contributed by atoms with Crippen molar-refractivity contribution in [1.82, 2.24) is 15.5 Å². The third kappa shape index (κ3) is 6.10. The first-order chi connectivity index (χ1) is 10.7. The number of guanidine groups is 1. The monoisotopic (exact) mass is 438 g/mol. The summed E-state index contributed by atoms with van der Waals surface area (Å²) in [5.41, 5.74) is 0.511. The van der Waals surface area contributed by atoms with Gasteiger partial charge < -0.3 is 20.3 Å². The zero-order chi connectivity index (χ0) is 15.8. The van der Waals surface area contributed by atoms with E-state index in [9.17, 15) is 4.79 Å². The van der Waals surface area contributed by atoms with Gasteiger partial charge in [0.15, 0.2) is 5.96 Å². The van der Waals surface area contributed by atoms with Crippen LogP contribution in [0.3, 0.4) is 0 Å². The molecule has 0 radical (unpaired) electrons. The number of amides is 1. The Balaban J connectivity index is 0.00000264. The molecule has 1 aliphatic carbocycles. The number of rotatable bonds is 6. The van der Waals surface area contributed by atoms with Crippen LogP contribution < -0.4 is 10.6 Å². The van der Waals surface area contributed by atoms with Gasteiger partial charge in [0.2, 0.25) is 5.91 Å². The van der Waals surface area contributed by atoms with Crippen molar-refractivity contribution in [3.63, 3.8) is 0 Å². The molecule has 2 rings (SSSR count). The van der Waals surface area contributed by atoms with Gasteiger partial charge in [-0.2, -0.15) is 0 Å². The Hall–Kier alpha value is -0.570. The molecule has 0 atom stereocenters. The van der Waals surface area contributed by atoms with Crippen LogP contribution in [0.4, 0.5) is 0 Å². The van der Waals surface area contributed by atoms with Gasteiger partial charge in [-0.3, -0.25) is 4.79 Å². The first-order valence-electron chi connectivity index (χ1n) is 8.48. The minimum atomic E-state index is -0.0535. The maximum Gasteiger partial charge on any atom is 0.241 e. The molecule has 2 aliphatic rings. The number of aliphatic imine (C=N–C) groups is 1. The molecule has 6 nitrogen and oxygen atoms in total. The van der Waals surface area contributed by atoms with Crippen LogP contribution in [0.2, 0.25) is 0 Å². The van der Waals surface area contributed by atoms with Gasteiger partial charge in [0.25, 0.3) is 0 Å². The number of carbonyl (C=O) groups is 1. The van der Waals surface area contributed by atoms with E-state index in [0.717, 1.165) is 25.6 Å². The summed E-state index contributed by atoms with van der Waals surface area (Å²) in [6.45, 7) is 6.28. The molecule has 1 aliphatic heterocycles. The molecule has 0 aromatic heterocycles. The third-order valence-electron chi connectivity index (χ3n) is 4.74. The van der Waals surface area contributed by atoms with E-state index < -0.39 is 0 Å². The van der Waals surface area contributed by atoms with E-state index in [4.69, 9.17) is 4.74 Å². The lowest BCUT2D eigenvalue weighted by atomic mass is 9.86. The van der Waals surface area contributed by atoms with Crippen LogP contribution >= 0.6 is 24.0 Å². The number of nitrogens with one attached hydrogen (secondary N) is 2. The normalized spacial score (nSPS) is 19.7. The highest BCUT2D eigenvalue weighted by atomic mass is 127. The van der Waals surface area contributed by atoms with Crippen LogP contribution in [0.1, 0.15) is 39.0 Å². The predicted octanol–water partition coefficient (Wildman–Crippen LogP) is 1.60. The van der Waals surface area contributed by atoms with Gasteiger partial charge in [-0.25, -0.2) is 4.99 Å². The van der Waals surface area contributed by atoms with Gasteiger partial charge in [-0.1, -0.05) is 12.8 Å². The van der Waals surface area contributed by atoms with Gasteiger partial charge in [0.05, 0.1) is 6.61 Å². The second-order valence-electron chi connectivity index (χ2n) is 6.39. The second-order valence-corrected chi connectivity index (χ2v) is 6.39. The lowest BCUT2D eigenvalue weighted by Gasteiger charge is -2.25. The summed E-state index contributed by atoms with van der Waals surface area (Å²) in [6, 6.07) is 0. The second kappa shape index (κ2) is 10.3. The molecule has 1 amide bonds. The molecule has 0 unspecified atom stereocenters. The van der Waals surface area contributed by atoms with Crippen molar-refractivity contribution >= 4 is 35.8 Å². The van der Waals surface area contributed by atoms with Crippen molar-refractivity contribution in [3.8, 4) is 0 Å². The van der Waals surface area contributed by atoms with Crippen LogP contribution in [-0.4, -0.2) is 63.2 Å². The van der Waals surface area contributed by atoms with Crippen molar-refractivity contribution in [3.05, 3.63) is 0 Å². The summed E-state index contributed by atoms with van der Waals surface area (Å²) < 4.78 is 4.92. The number of nitrogens with zero attached hydrogens (tertiary/aromatic N) is 2. The fraction of sp³-hybridized carbons (Fsp3) is 0.875. The van der Waals surface area contributed by atoms with Crippen LogP contribution in [0, 0.1) is 5.41 Å². The van der Waals surface area contributed by atoms with Crippen LogP contribution in [-0.2, 0) is 9.53 Å². The molecule has 7 heteroatoms. The number of carbonyl (C=O) groups excluding carboxylic acids is 1. The molecular formula is C16H31IN4O2. The SMILES string of the molecule is CCNC(=NCC(=O)NCCOC)N1CCC2(CCCC2)C1.I. The van der Waals surface area contributed by atoms with Gasteiger partial charge in [-0.05, 0) is 31.6 Å². The largest absolute Gasteiger partial charge is 0.383 e. The summed E-state index contributed by atoms with van der Waals surface area (Å²) in [6.07, 6.45) is 6.69. The van der Waals surface area contributed by atoms with Gasteiger partial charge in [0, 0.05) is 33.3 Å². The Morgan fingerprint density at radius 2 is 2.00 bits per heavy atom. The fourth-order valence-corrected chi connectivity index (χ4v) is 3.57. The first-order valence-corrected chi connectivity index (χ1v) is 8.48. The summed E-state index contributed by atoms with van der Waals surface area (Å²) in [5, 5.41) is 6.13. The molecule has 134 valence electrons. The Morgan fingerprint density at radius 1 is 1.26 bits per heavy atom. The highest BCUT2D eigenvalue weighted by Crippen LogP contribution is 2.45. The standard InChI is InChI=1S/C16H30N4O2.HI/c1-3-17-15(19-12-14(21)18-9-11-22-2)20-10-8-16(13-20)6-4-5-7-16;/h3-13H2,1-2H3,(H,17,19)(H,18,21);1H. The minimum Gasteiger partial charge on any atom is -0.383 e. The molecular weight excluding hydrogens is 407 g/mol. The maximum absolute atomic E-state index is 11.8. The molecule has 1 saturated carbocycles. The van der Waals surface area contributed by atoms with Crippen LogP contribution in [0.25, 0.3) is 0 Å². The Kier molecular flexibility index (Phi) is 9.19. The van der Waals surface area contributed by atoms with Gasteiger partial charge >= 0.3 is 0 Å². The molecule has 0 aromatic rings. The smallest absolute Gasteiger partial charge is 0.241 e.